The van der Waals surface area contributed by atoms with Gasteiger partial charge in [-0.15, -0.1) is 0 Å². The van der Waals surface area contributed by atoms with Crippen LogP contribution in [0, 0.1) is 35.1 Å². The third kappa shape index (κ3) is 0.559. The molecule has 4 aliphatic carbocycles. The second-order valence-electron chi connectivity index (χ2n) is 4.20. The summed E-state index contributed by atoms with van der Waals surface area (Å²) in [4.78, 5) is 14.2. The number of rotatable bonds is 1. The quantitative estimate of drug-likeness (QED) is 0.455. The molecule has 0 saturated heterocycles. The number of carbonyl (C=O) groups is 1. The van der Waals surface area contributed by atoms with E-state index in [0.29, 0.717) is 11.8 Å². The Morgan fingerprint density at radius 1 is 1.42 bits per heavy atom. The first-order valence-corrected chi connectivity index (χ1v) is 4.44. The molecule has 62 valence electrons. The van der Waals surface area contributed by atoms with Crippen LogP contribution in [0.3, 0.4) is 0 Å². The van der Waals surface area contributed by atoms with E-state index in [4.69, 9.17) is 5.53 Å². The first-order valence-electron chi connectivity index (χ1n) is 4.44. The molecule has 4 nitrogen and oxygen atoms in total. The van der Waals surface area contributed by atoms with Gasteiger partial charge < -0.3 is 0 Å². The molecule has 4 bridgehead atoms. The average molecular weight is 164 g/mol. The Hall–Kier alpha value is -1.02. The molecule has 0 spiro atoms. The number of nitrogens with zero attached hydrogens (tertiary/aromatic N) is 2. The summed E-state index contributed by atoms with van der Waals surface area (Å²) in [5, 5.41) is 3.31. The van der Waals surface area contributed by atoms with E-state index in [9.17, 15) is 4.79 Å². The Labute approximate surface area is 69.6 Å². The predicted molar refractivity (Wildman–Crippen MR) is 39.0 cm³/mol. The largest absolute Gasteiger partial charge is 0.333 e. The van der Waals surface area contributed by atoms with Crippen molar-refractivity contribution in [3.05, 3.63) is 0 Å². The van der Waals surface area contributed by atoms with E-state index < -0.39 is 0 Å². The van der Waals surface area contributed by atoms with Crippen LogP contribution >= 0.6 is 0 Å². The van der Waals surface area contributed by atoms with Crippen molar-refractivity contribution in [3.63, 3.8) is 0 Å². The smallest absolute Gasteiger partial charge is 0.264 e. The van der Waals surface area contributed by atoms with Crippen molar-refractivity contribution < 1.29 is 4.79 Å². The Bertz CT molecular complexity index is 293. The molecule has 3 unspecified atom stereocenters. The number of hydrogen-bond acceptors (Lipinski definition) is 2. The highest BCUT2D eigenvalue weighted by Gasteiger charge is 2.70. The molecule has 12 heavy (non-hydrogen) atoms. The summed E-state index contributed by atoms with van der Waals surface area (Å²) in [5.41, 5.74) is 6.49. The molecule has 3 atom stereocenters. The minimum Gasteiger partial charge on any atom is -0.264 e. The van der Waals surface area contributed by atoms with Crippen LogP contribution in [0.2, 0.25) is 0 Å². The van der Waals surface area contributed by atoms with Crippen LogP contribution in [-0.2, 0) is 4.79 Å². The van der Waals surface area contributed by atoms with E-state index in [0.717, 1.165) is 11.8 Å². The van der Waals surface area contributed by atoms with Crippen LogP contribution in [0.4, 0.5) is 0 Å². The van der Waals surface area contributed by atoms with Gasteiger partial charge in [0.15, 0.2) is 5.11 Å². The Morgan fingerprint density at radius 2 is 2.08 bits per heavy atom. The van der Waals surface area contributed by atoms with Gasteiger partial charge in [-0.1, -0.05) is 0 Å². The number of nitrogens with one attached hydrogen (secondary N) is 1. The molecule has 4 rings (SSSR count). The molecule has 1 amide bonds. The number of amides is 1. The van der Waals surface area contributed by atoms with Crippen molar-refractivity contribution >= 4 is 5.91 Å². The summed E-state index contributed by atoms with van der Waals surface area (Å²) in [5.74, 6) is 2.90. The molecule has 4 heteroatoms. The van der Waals surface area contributed by atoms with Gasteiger partial charge in [0, 0.05) is 0 Å². The van der Waals surface area contributed by atoms with Crippen LogP contribution in [0.5, 0.6) is 0 Å². The van der Waals surface area contributed by atoms with Crippen LogP contribution in [0.15, 0.2) is 5.11 Å². The highest BCUT2D eigenvalue weighted by atomic mass is 16.2. The lowest BCUT2D eigenvalue weighted by molar-refractivity contribution is -0.123. The SMILES string of the molecule is N=[N+]=NC(=O)C1C2CC3C(C2)C31. The summed E-state index contributed by atoms with van der Waals surface area (Å²) < 4.78 is 0. The molecular weight excluding hydrogens is 154 g/mol. The summed E-state index contributed by atoms with van der Waals surface area (Å²) in [6.07, 6.45) is 2.47. The van der Waals surface area contributed by atoms with Crippen LogP contribution in [0.25, 0.3) is 0 Å². The fraction of sp³-hybridized carbons (Fsp3) is 0.875. The molecular formula is C8H10N3O+. The second kappa shape index (κ2) is 1.83. The van der Waals surface area contributed by atoms with Gasteiger partial charge in [0.05, 0.1) is 5.92 Å². The molecule has 4 aliphatic rings. The molecule has 0 radical (unpaired) electrons. The van der Waals surface area contributed by atoms with E-state index in [1.807, 2.05) is 0 Å². The molecule has 0 aromatic carbocycles. The second-order valence-corrected chi connectivity index (χ2v) is 4.20. The van der Waals surface area contributed by atoms with E-state index >= 15 is 0 Å². The topological polar surface area (TPSA) is 67.4 Å². The summed E-state index contributed by atoms with van der Waals surface area (Å²) in [7, 11) is 0. The van der Waals surface area contributed by atoms with Gasteiger partial charge in [0.25, 0.3) is 0 Å². The van der Waals surface area contributed by atoms with Crippen molar-refractivity contribution in [2.24, 2.45) is 34.7 Å². The minimum absolute atomic E-state index is 0.137. The molecule has 0 aromatic rings. The Morgan fingerprint density at radius 3 is 2.50 bits per heavy atom. The van der Waals surface area contributed by atoms with Gasteiger partial charge in [0.1, 0.15) is 5.53 Å². The highest BCUT2D eigenvalue weighted by Crippen LogP contribution is 2.73. The zero-order valence-corrected chi connectivity index (χ0v) is 6.60. The standard InChI is InChI=1S/C8H10N3O/c9-11-10-8(12)6-3-1-4-5(2-3)7(4)6/h3-7,9H,1-2H2/q+1. The lowest BCUT2D eigenvalue weighted by atomic mass is 9.98. The lowest BCUT2D eigenvalue weighted by Crippen LogP contribution is -2.15. The van der Waals surface area contributed by atoms with Crippen molar-refractivity contribution in [1.29, 1.82) is 5.53 Å². The van der Waals surface area contributed by atoms with E-state index in [-0.39, 0.29) is 11.8 Å². The van der Waals surface area contributed by atoms with Gasteiger partial charge in [0.2, 0.25) is 4.91 Å². The van der Waals surface area contributed by atoms with Crippen LogP contribution < -0.4 is 4.91 Å². The van der Waals surface area contributed by atoms with E-state index in [2.05, 4.69) is 10.0 Å². The summed E-state index contributed by atoms with van der Waals surface area (Å²) in [6.45, 7) is 0. The fourth-order valence-electron chi connectivity index (χ4n) is 3.56. The van der Waals surface area contributed by atoms with Crippen molar-refractivity contribution in [3.8, 4) is 0 Å². The average Bonchev–Trinajstić information content (AvgIpc) is 2.53. The number of carbonyl (C=O) groups excluding carboxylic acids is 1. The van der Waals surface area contributed by atoms with Gasteiger partial charge in [-0.3, -0.25) is 4.79 Å². The van der Waals surface area contributed by atoms with Gasteiger partial charge in [-0.05, 0) is 36.5 Å². The zero-order chi connectivity index (χ0) is 8.29. The molecule has 0 heterocycles. The van der Waals surface area contributed by atoms with Crippen molar-refractivity contribution in [2.45, 2.75) is 12.8 Å². The lowest BCUT2D eigenvalue weighted by Gasteiger charge is -2.05. The zero-order valence-electron chi connectivity index (χ0n) is 6.60. The minimum atomic E-state index is -0.137. The first kappa shape index (κ1) is 6.49. The summed E-state index contributed by atoms with van der Waals surface area (Å²) in [6, 6.07) is 0. The first-order chi connectivity index (χ1) is 5.83. The maximum atomic E-state index is 11.3. The molecule has 4 saturated carbocycles. The van der Waals surface area contributed by atoms with Crippen LogP contribution in [0.1, 0.15) is 12.8 Å². The molecule has 0 aromatic heterocycles. The highest BCUT2D eigenvalue weighted by molar-refractivity contribution is 5.81. The third-order valence-electron chi connectivity index (χ3n) is 3.90. The Kier molecular flexibility index (Phi) is 0.989. The van der Waals surface area contributed by atoms with Gasteiger partial charge >= 0.3 is 5.91 Å². The third-order valence-corrected chi connectivity index (χ3v) is 3.90. The fourth-order valence-corrected chi connectivity index (χ4v) is 3.56. The Balaban J connectivity index is 1.87. The molecule has 4 fully saturated rings. The van der Waals surface area contributed by atoms with Crippen molar-refractivity contribution in [1.82, 2.24) is 4.91 Å². The van der Waals surface area contributed by atoms with Crippen molar-refractivity contribution in [2.75, 3.05) is 0 Å². The normalized spacial score (nSPS) is 51.8. The van der Waals surface area contributed by atoms with Crippen LogP contribution in [-0.4, -0.2) is 5.91 Å². The molecule has 0 aliphatic heterocycles. The van der Waals surface area contributed by atoms with E-state index in [1.165, 1.54) is 12.8 Å². The van der Waals surface area contributed by atoms with Gasteiger partial charge in [-0.25, -0.2) is 0 Å². The van der Waals surface area contributed by atoms with Gasteiger partial charge in [-0.2, -0.15) is 0 Å². The number of hydrogen-bond donors (Lipinski definition) is 1. The van der Waals surface area contributed by atoms with E-state index in [1.54, 1.807) is 0 Å². The predicted octanol–water partition coefficient (Wildman–Crippen LogP) is 0.965. The summed E-state index contributed by atoms with van der Waals surface area (Å²) >= 11 is 0. The maximum Gasteiger partial charge on any atom is 0.333 e. The molecule has 1 N–H and O–H groups in total. The monoisotopic (exact) mass is 164 g/mol. The maximum absolute atomic E-state index is 11.3.